The molecule has 5 nitrogen and oxygen atoms in total. The second kappa shape index (κ2) is 7.87. The van der Waals surface area contributed by atoms with Gasteiger partial charge in [0.15, 0.2) is 5.16 Å². The van der Waals surface area contributed by atoms with Gasteiger partial charge >= 0.3 is 0 Å². The number of amides is 1. The molecule has 3 rings (SSSR count). The lowest BCUT2D eigenvalue weighted by Crippen LogP contribution is -2.26. The molecule has 0 spiro atoms. The summed E-state index contributed by atoms with van der Waals surface area (Å²) in [4.78, 5) is 32.2. The Labute approximate surface area is 151 Å². The highest BCUT2D eigenvalue weighted by Gasteiger charge is 2.22. The topological polar surface area (TPSA) is 74.8 Å². The molecule has 1 atom stereocenters. The number of H-pyrrole nitrogens is 1. The molecule has 1 unspecified atom stereocenters. The van der Waals surface area contributed by atoms with E-state index in [2.05, 4.69) is 22.2 Å². The number of aryl methyl sites for hydroxylation is 2. The van der Waals surface area contributed by atoms with Crippen molar-refractivity contribution in [2.24, 2.45) is 0 Å². The quantitative estimate of drug-likeness (QED) is 0.614. The number of aromatic amines is 1. The zero-order valence-corrected chi connectivity index (χ0v) is 15.4. The number of anilines is 1. The number of rotatable bonds is 6. The van der Waals surface area contributed by atoms with Crippen LogP contribution in [0, 0.1) is 0 Å². The van der Waals surface area contributed by atoms with E-state index in [1.807, 2.05) is 31.2 Å². The second-order valence-corrected chi connectivity index (χ2v) is 7.36. The number of fused-ring (bicyclic) bond motifs is 1. The lowest BCUT2D eigenvalue weighted by Gasteiger charge is -2.16. The molecule has 1 aromatic heterocycles. The molecule has 25 heavy (non-hydrogen) atoms. The summed E-state index contributed by atoms with van der Waals surface area (Å²) in [5, 5.41) is 3.26. The van der Waals surface area contributed by atoms with Crippen molar-refractivity contribution in [1.29, 1.82) is 0 Å². The lowest BCUT2D eigenvalue weighted by atomic mass is 10.1. The maximum atomic E-state index is 12.7. The van der Waals surface area contributed by atoms with Crippen molar-refractivity contribution in [1.82, 2.24) is 9.97 Å². The third-order valence-electron chi connectivity index (χ3n) is 4.49. The molecule has 0 aliphatic heterocycles. The van der Waals surface area contributed by atoms with Gasteiger partial charge in [0.05, 0.1) is 10.9 Å². The molecular formula is C19H23N3O2S. The smallest absolute Gasteiger partial charge is 0.254 e. The van der Waals surface area contributed by atoms with Crippen LogP contribution in [0.15, 0.2) is 34.2 Å². The molecule has 1 heterocycles. The lowest BCUT2D eigenvalue weighted by molar-refractivity contribution is -0.115. The standard InChI is InChI=1S/C19H23N3O2S/c1-3-12-8-5-6-10-14(12)20-18(24)16(4-2)25-19-21-15-11-7-9-13(15)17(23)22-19/h5-6,8,10,16H,3-4,7,9,11H2,1-2H3,(H,20,24)(H,21,22,23). The van der Waals surface area contributed by atoms with Gasteiger partial charge in [-0.3, -0.25) is 9.59 Å². The van der Waals surface area contributed by atoms with Gasteiger partial charge in [-0.15, -0.1) is 0 Å². The van der Waals surface area contributed by atoms with E-state index < -0.39 is 0 Å². The SMILES string of the molecule is CCc1ccccc1NC(=O)C(CC)Sc1nc2c(c(=O)[nH]1)CCC2. The summed E-state index contributed by atoms with van der Waals surface area (Å²) in [6.45, 7) is 4.03. The number of para-hydroxylation sites is 1. The molecule has 0 fully saturated rings. The molecule has 1 aliphatic carbocycles. The summed E-state index contributed by atoms with van der Waals surface area (Å²) < 4.78 is 0. The van der Waals surface area contributed by atoms with E-state index in [1.54, 1.807) is 0 Å². The highest BCUT2D eigenvalue weighted by atomic mass is 32.2. The summed E-state index contributed by atoms with van der Waals surface area (Å²) in [6, 6.07) is 7.83. The highest BCUT2D eigenvalue weighted by Crippen LogP contribution is 2.26. The molecule has 132 valence electrons. The van der Waals surface area contributed by atoms with E-state index in [0.717, 1.165) is 48.2 Å². The number of carbonyl (C=O) groups excluding carboxylic acids is 1. The number of hydrogen-bond donors (Lipinski definition) is 2. The van der Waals surface area contributed by atoms with Gasteiger partial charge in [0.1, 0.15) is 0 Å². The predicted octanol–water partition coefficient (Wildman–Crippen LogP) is 3.33. The van der Waals surface area contributed by atoms with Gasteiger partial charge in [-0.25, -0.2) is 4.98 Å². The molecule has 2 N–H and O–H groups in total. The minimum Gasteiger partial charge on any atom is -0.325 e. The van der Waals surface area contributed by atoms with Crippen LogP contribution in [0.1, 0.15) is 43.5 Å². The Hall–Kier alpha value is -2.08. The monoisotopic (exact) mass is 357 g/mol. The Kier molecular flexibility index (Phi) is 5.58. The first-order chi connectivity index (χ1) is 12.1. The summed E-state index contributed by atoms with van der Waals surface area (Å²) in [5.74, 6) is -0.0588. The van der Waals surface area contributed by atoms with E-state index in [1.165, 1.54) is 11.8 Å². The van der Waals surface area contributed by atoms with Crippen LogP contribution in [0.2, 0.25) is 0 Å². The number of aromatic nitrogens is 2. The number of nitrogens with one attached hydrogen (secondary N) is 2. The minimum absolute atomic E-state index is 0.0587. The molecule has 1 aliphatic rings. The molecule has 0 saturated carbocycles. The van der Waals surface area contributed by atoms with E-state index in [4.69, 9.17) is 0 Å². The van der Waals surface area contributed by atoms with Crippen molar-refractivity contribution in [3.63, 3.8) is 0 Å². The van der Waals surface area contributed by atoms with E-state index in [-0.39, 0.29) is 16.7 Å². The van der Waals surface area contributed by atoms with Gasteiger partial charge < -0.3 is 10.3 Å². The fourth-order valence-corrected chi connectivity index (χ4v) is 4.01. The minimum atomic E-state index is -0.299. The molecule has 1 aromatic carbocycles. The van der Waals surface area contributed by atoms with Gasteiger partial charge in [0, 0.05) is 11.3 Å². The summed E-state index contributed by atoms with van der Waals surface area (Å²) in [5.41, 5.74) is 3.59. The molecule has 6 heteroatoms. The Balaban J connectivity index is 1.75. The van der Waals surface area contributed by atoms with Gasteiger partial charge in [-0.2, -0.15) is 0 Å². The zero-order valence-electron chi connectivity index (χ0n) is 14.6. The van der Waals surface area contributed by atoms with Gasteiger partial charge in [0.2, 0.25) is 5.91 Å². The molecular weight excluding hydrogens is 334 g/mol. The molecule has 0 saturated heterocycles. The van der Waals surface area contributed by atoms with Crippen molar-refractivity contribution in [3.8, 4) is 0 Å². The van der Waals surface area contributed by atoms with Crippen molar-refractivity contribution >= 4 is 23.4 Å². The zero-order chi connectivity index (χ0) is 17.8. The van der Waals surface area contributed by atoms with Crippen LogP contribution < -0.4 is 10.9 Å². The van der Waals surface area contributed by atoms with Crippen molar-refractivity contribution < 1.29 is 4.79 Å². The van der Waals surface area contributed by atoms with E-state index in [0.29, 0.717) is 11.6 Å². The average Bonchev–Trinajstić information content (AvgIpc) is 3.09. The van der Waals surface area contributed by atoms with Gasteiger partial charge in [0.25, 0.3) is 5.56 Å². The number of carbonyl (C=O) groups is 1. The Bertz CT molecular complexity index is 832. The predicted molar refractivity (Wildman–Crippen MR) is 101 cm³/mol. The van der Waals surface area contributed by atoms with Crippen LogP contribution in [0.3, 0.4) is 0 Å². The van der Waals surface area contributed by atoms with Crippen molar-refractivity contribution in [2.75, 3.05) is 5.32 Å². The summed E-state index contributed by atoms with van der Waals surface area (Å²) in [7, 11) is 0. The normalized spacial score (nSPS) is 14.2. The van der Waals surface area contributed by atoms with Gasteiger partial charge in [-0.1, -0.05) is 43.8 Å². The van der Waals surface area contributed by atoms with Crippen LogP contribution in [0.25, 0.3) is 0 Å². The van der Waals surface area contributed by atoms with Crippen LogP contribution >= 0.6 is 11.8 Å². The highest BCUT2D eigenvalue weighted by molar-refractivity contribution is 8.00. The number of thioether (sulfide) groups is 1. The molecule has 0 radical (unpaired) electrons. The van der Waals surface area contributed by atoms with Crippen LogP contribution in [-0.4, -0.2) is 21.1 Å². The first-order valence-electron chi connectivity index (χ1n) is 8.79. The fraction of sp³-hybridized carbons (Fsp3) is 0.421. The number of hydrogen-bond acceptors (Lipinski definition) is 4. The van der Waals surface area contributed by atoms with Crippen LogP contribution in [-0.2, 0) is 24.1 Å². The second-order valence-electron chi connectivity index (χ2n) is 6.16. The van der Waals surface area contributed by atoms with E-state index >= 15 is 0 Å². The summed E-state index contributed by atoms with van der Waals surface area (Å²) in [6.07, 6.45) is 4.14. The maximum Gasteiger partial charge on any atom is 0.254 e. The van der Waals surface area contributed by atoms with Crippen molar-refractivity contribution in [2.45, 2.75) is 56.4 Å². The number of benzene rings is 1. The average molecular weight is 357 g/mol. The first-order valence-corrected chi connectivity index (χ1v) is 9.67. The molecule has 1 amide bonds. The third kappa shape index (κ3) is 3.95. The van der Waals surface area contributed by atoms with Crippen LogP contribution in [0.4, 0.5) is 5.69 Å². The largest absolute Gasteiger partial charge is 0.325 e. The Morgan fingerprint density at radius 2 is 2.12 bits per heavy atom. The van der Waals surface area contributed by atoms with Crippen LogP contribution in [0.5, 0.6) is 0 Å². The van der Waals surface area contributed by atoms with Gasteiger partial charge in [-0.05, 0) is 43.7 Å². The van der Waals surface area contributed by atoms with Crippen molar-refractivity contribution in [3.05, 3.63) is 51.4 Å². The Morgan fingerprint density at radius 1 is 1.32 bits per heavy atom. The number of nitrogens with zero attached hydrogens (tertiary/aromatic N) is 1. The third-order valence-corrected chi connectivity index (χ3v) is 5.74. The first kappa shape index (κ1) is 17.7. The fourth-order valence-electron chi connectivity index (χ4n) is 3.10. The van der Waals surface area contributed by atoms with E-state index in [9.17, 15) is 9.59 Å². The molecule has 0 bridgehead atoms. The molecule has 2 aromatic rings. The maximum absolute atomic E-state index is 12.7. The summed E-state index contributed by atoms with van der Waals surface area (Å²) >= 11 is 1.33. The Morgan fingerprint density at radius 3 is 2.88 bits per heavy atom.